The Balaban J connectivity index is 1.38. The molecule has 2 aromatic carbocycles. The van der Waals surface area contributed by atoms with E-state index in [9.17, 15) is 14.4 Å². The predicted octanol–water partition coefficient (Wildman–Crippen LogP) is 2.87. The minimum Gasteiger partial charge on any atom is -0.497 e. The van der Waals surface area contributed by atoms with Crippen molar-refractivity contribution >= 4 is 35.0 Å². The Hall–Kier alpha value is -3.26. The number of amides is 3. The fourth-order valence-electron chi connectivity index (χ4n) is 3.69. The second-order valence-electron chi connectivity index (χ2n) is 8.09. The van der Waals surface area contributed by atoms with Gasteiger partial charge in [0.15, 0.2) is 0 Å². The van der Waals surface area contributed by atoms with Gasteiger partial charge in [-0.3, -0.25) is 25.2 Å². The van der Waals surface area contributed by atoms with Gasteiger partial charge in [-0.05, 0) is 48.4 Å². The van der Waals surface area contributed by atoms with Crippen LogP contribution in [0.15, 0.2) is 48.5 Å². The monoisotopic (exact) mass is 472 g/mol. The smallest absolute Gasteiger partial charge is 0.269 e. The average Bonchev–Trinajstić information content (AvgIpc) is 2.82. The molecule has 1 aliphatic rings. The number of halogens is 1. The molecule has 0 aromatic heterocycles. The van der Waals surface area contributed by atoms with Crippen LogP contribution in [0.4, 0.5) is 5.69 Å². The molecule has 1 atom stereocenters. The Kier molecular flexibility index (Phi) is 8.54. The van der Waals surface area contributed by atoms with Gasteiger partial charge in [0.1, 0.15) is 5.75 Å². The minimum absolute atomic E-state index is 0.0308. The fraction of sp³-hybridized carbons (Fsp3) is 0.375. The van der Waals surface area contributed by atoms with E-state index in [2.05, 4.69) is 15.8 Å². The van der Waals surface area contributed by atoms with Crippen molar-refractivity contribution in [3.05, 3.63) is 59.1 Å². The number of ether oxygens (including phenoxy) is 1. The maximum Gasteiger partial charge on any atom is 0.269 e. The molecular weight excluding hydrogens is 444 g/mol. The number of hydrazine groups is 1. The molecule has 33 heavy (non-hydrogen) atoms. The van der Waals surface area contributed by atoms with Crippen LogP contribution >= 0.6 is 11.6 Å². The van der Waals surface area contributed by atoms with E-state index in [-0.39, 0.29) is 30.6 Å². The number of nitrogens with one attached hydrogen (secondary N) is 2. The van der Waals surface area contributed by atoms with Crippen LogP contribution in [0.25, 0.3) is 0 Å². The van der Waals surface area contributed by atoms with Crippen LogP contribution in [0.5, 0.6) is 5.75 Å². The first-order valence-corrected chi connectivity index (χ1v) is 11.2. The molecule has 9 heteroatoms. The normalized spacial score (nSPS) is 14.4. The lowest BCUT2D eigenvalue weighted by molar-refractivity contribution is -0.132. The molecule has 1 heterocycles. The summed E-state index contributed by atoms with van der Waals surface area (Å²) in [6, 6.07) is 14.2. The predicted molar refractivity (Wildman–Crippen MR) is 127 cm³/mol. The number of benzene rings is 2. The Morgan fingerprint density at radius 2 is 1.70 bits per heavy atom. The maximum absolute atomic E-state index is 12.7. The fourth-order valence-corrected chi connectivity index (χ4v) is 3.88. The van der Waals surface area contributed by atoms with E-state index in [0.29, 0.717) is 29.4 Å². The van der Waals surface area contributed by atoms with Gasteiger partial charge >= 0.3 is 0 Å². The van der Waals surface area contributed by atoms with E-state index in [1.54, 1.807) is 31.4 Å². The first-order chi connectivity index (χ1) is 15.9. The van der Waals surface area contributed by atoms with E-state index in [1.807, 2.05) is 36.1 Å². The van der Waals surface area contributed by atoms with Crippen LogP contribution in [0.2, 0.25) is 5.02 Å². The summed E-state index contributed by atoms with van der Waals surface area (Å²) in [7, 11) is 1.54. The zero-order valence-corrected chi connectivity index (χ0v) is 19.6. The van der Waals surface area contributed by atoms with Gasteiger partial charge in [-0.2, -0.15) is 0 Å². The van der Waals surface area contributed by atoms with Gasteiger partial charge in [0.05, 0.1) is 7.11 Å². The Morgan fingerprint density at radius 3 is 2.33 bits per heavy atom. The van der Waals surface area contributed by atoms with E-state index < -0.39 is 5.91 Å². The molecule has 0 bridgehead atoms. The number of carbonyl (C=O) groups is 3. The van der Waals surface area contributed by atoms with Crippen molar-refractivity contribution in [2.24, 2.45) is 5.92 Å². The van der Waals surface area contributed by atoms with Gasteiger partial charge in [0.25, 0.3) is 5.91 Å². The topological polar surface area (TPSA) is 91.0 Å². The molecule has 1 saturated heterocycles. The summed E-state index contributed by atoms with van der Waals surface area (Å²) < 4.78 is 5.06. The molecular formula is C24H29ClN4O4. The molecule has 1 aliphatic heterocycles. The third kappa shape index (κ3) is 7.12. The summed E-state index contributed by atoms with van der Waals surface area (Å²) in [5.74, 6) is -0.250. The molecule has 3 amide bonds. The van der Waals surface area contributed by atoms with E-state index >= 15 is 0 Å². The highest BCUT2D eigenvalue weighted by Gasteiger charge is 2.23. The lowest BCUT2D eigenvalue weighted by Gasteiger charge is -2.36. The van der Waals surface area contributed by atoms with Crippen LogP contribution in [0.1, 0.15) is 30.1 Å². The molecule has 8 nitrogen and oxygen atoms in total. The van der Waals surface area contributed by atoms with Gasteiger partial charge in [0.2, 0.25) is 11.8 Å². The number of rotatable bonds is 7. The lowest BCUT2D eigenvalue weighted by Crippen LogP contribution is -2.49. The summed E-state index contributed by atoms with van der Waals surface area (Å²) in [4.78, 5) is 41.0. The standard InChI is InChI=1S/C24H29ClN4O4/c1-17(14-22(30)26-27-24(32)18-6-8-21(33-2)9-7-18)15-23(31)29-12-10-28(11-13-29)20-5-3-4-19(25)16-20/h3-9,16-17H,10-15H2,1-2H3,(H,26,30)(H,27,32)/t17-/m0/s1. The summed E-state index contributed by atoms with van der Waals surface area (Å²) in [6.07, 6.45) is 0.411. The Morgan fingerprint density at radius 1 is 1.00 bits per heavy atom. The third-order valence-electron chi connectivity index (χ3n) is 5.53. The van der Waals surface area contributed by atoms with Crippen LogP contribution < -0.4 is 20.5 Å². The van der Waals surface area contributed by atoms with Crippen molar-refractivity contribution in [1.82, 2.24) is 15.8 Å². The summed E-state index contributed by atoms with van der Waals surface area (Å²) >= 11 is 6.07. The van der Waals surface area contributed by atoms with E-state index in [4.69, 9.17) is 16.3 Å². The minimum atomic E-state index is -0.424. The lowest BCUT2D eigenvalue weighted by atomic mass is 10.0. The van der Waals surface area contributed by atoms with Crippen molar-refractivity contribution in [3.8, 4) is 5.75 Å². The second kappa shape index (κ2) is 11.6. The van der Waals surface area contributed by atoms with Gasteiger partial charge in [-0.1, -0.05) is 24.6 Å². The van der Waals surface area contributed by atoms with Crippen LogP contribution in [-0.4, -0.2) is 55.9 Å². The number of methoxy groups -OCH3 is 1. The van der Waals surface area contributed by atoms with Gasteiger partial charge in [0, 0.05) is 55.3 Å². The SMILES string of the molecule is COc1ccc(C(=O)NNC(=O)C[C@H](C)CC(=O)N2CCN(c3cccc(Cl)c3)CC2)cc1. The number of nitrogens with zero attached hydrogens (tertiary/aromatic N) is 2. The third-order valence-corrected chi connectivity index (χ3v) is 5.77. The van der Waals surface area contributed by atoms with Crippen molar-refractivity contribution in [3.63, 3.8) is 0 Å². The number of carbonyl (C=O) groups excluding carboxylic acids is 3. The van der Waals surface area contributed by atoms with Gasteiger partial charge in [-0.15, -0.1) is 0 Å². The molecule has 1 fully saturated rings. The number of piperazine rings is 1. The van der Waals surface area contributed by atoms with Crippen molar-refractivity contribution < 1.29 is 19.1 Å². The van der Waals surface area contributed by atoms with Crippen molar-refractivity contribution in [2.75, 3.05) is 38.2 Å². The molecule has 2 N–H and O–H groups in total. The van der Waals surface area contributed by atoms with E-state index in [0.717, 1.165) is 18.8 Å². The van der Waals surface area contributed by atoms with Gasteiger partial charge < -0.3 is 14.5 Å². The zero-order valence-electron chi connectivity index (χ0n) is 18.8. The second-order valence-corrected chi connectivity index (χ2v) is 8.53. The summed E-state index contributed by atoms with van der Waals surface area (Å²) in [6.45, 7) is 4.58. The molecule has 176 valence electrons. The molecule has 0 radical (unpaired) electrons. The molecule has 2 aromatic rings. The zero-order chi connectivity index (χ0) is 23.8. The molecule has 0 spiro atoms. The molecule has 0 unspecified atom stereocenters. The summed E-state index contributed by atoms with van der Waals surface area (Å²) in [5.41, 5.74) is 6.25. The number of anilines is 1. The molecule has 0 saturated carbocycles. The largest absolute Gasteiger partial charge is 0.497 e. The van der Waals surface area contributed by atoms with Crippen molar-refractivity contribution in [2.45, 2.75) is 19.8 Å². The van der Waals surface area contributed by atoms with Crippen molar-refractivity contribution in [1.29, 1.82) is 0 Å². The Bertz CT molecular complexity index is 975. The van der Waals surface area contributed by atoms with Gasteiger partial charge in [-0.25, -0.2) is 0 Å². The highest BCUT2D eigenvalue weighted by molar-refractivity contribution is 6.30. The quantitative estimate of drug-likeness (QED) is 0.605. The number of hydrogen-bond acceptors (Lipinski definition) is 5. The number of hydrogen-bond donors (Lipinski definition) is 2. The van der Waals surface area contributed by atoms with Crippen LogP contribution in [0, 0.1) is 5.92 Å². The maximum atomic E-state index is 12.7. The molecule has 0 aliphatic carbocycles. The highest BCUT2D eigenvalue weighted by atomic mass is 35.5. The van der Waals surface area contributed by atoms with Crippen LogP contribution in [-0.2, 0) is 9.59 Å². The average molecular weight is 473 g/mol. The molecule has 3 rings (SSSR count). The first-order valence-electron chi connectivity index (χ1n) is 10.9. The summed E-state index contributed by atoms with van der Waals surface area (Å²) in [5, 5.41) is 0.693. The van der Waals surface area contributed by atoms with E-state index in [1.165, 1.54) is 0 Å². The highest BCUT2D eigenvalue weighted by Crippen LogP contribution is 2.21. The first kappa shape index (κ1) is 24.4. The Labute approximate surface area is 198 Å². The van der Waals surface area contributed by atoms with Crippen LogP contribution in [0.3, 0.4) is 0 Å².